The molecule has 1 aromatic heterocycles. The molecule has 1 unspecified atom stereocenters. The van der Waals surface area contributed by atoms with Crippen LogP contribution in [0.4, 0.5) is 24.5 Å². The molecule has 5 aromatic carbocycles. The fourth-order valence-electron chi connectivity index (χ4n) is 15.6. The average Bonchev–Trinajstić information content (AvgIpc) is 1.69. The molecule has 0 saturated carbocycles. The number of aryl methyl sites for hydroxylation is 1. The van der Waals surface area contributed by atoms with Crippen LogP contribution in [-0.4, -0.2) is 184 Å². The first kappa shape index (κ1) is 82.6. The topological polar surface area (TPSA) is 251 Å². The van der Waals surface area contributed by atoms with Gasteiger partial charge >= 0.3 is 5.51 Å². The molecule has 6 aromatic rings. The third-order valence-corrected chi connectivity index (χ3v) is 27.1. The molecule has 4 fully saturated rings. The highest BCUT2D eigenvalue weighted by Gasteiger charge is 2.50. The number of amides is 5. The Morgan fingerprint density at radius 2 is 1.42 bits per heavy atom. The molecule has 0 spiro atoms. The highest BCUT2D eigenvalue weighted by atomic mass is 35.5. The Labute approximate surface area is 652 Å². The molecule has 5 heterocycles. The lowest BCUT2D eigenvalue weighted by Crippen LogP contribution is -2.57. The molecule has 5 N–H and O–H groups in total. The van der Waals surface area contributed by atoms with Crippen LogP contribution in [0.1, 0.15) is 152 Å². The third-order valence-electron chi connectivity index (χ3n) is 21.8. The summed E-state index contributed by atoms with van der Waals surface area (Å²) in [6, 6.07) is 31.2. The van der Waals surface area contributed by atoms with Crippen molar-refractivity contribution in [3.05, 3.63) is 160 Å². The minimum Gasteiger partial charge on any atom is -0.391 e. The van der Waals surface area contributed by atoms with E-state index in [4.69, 9.17) is 11.6 Å². The molecule has 7 atom stereocenters. The summed E-state index contributed by atoms with van der Waals surface area (Å²) in [5.41, 5.74) is 2.68. The maximum atomic E-state index is 14.6. The maximum Gasteiger partial charge on any atom is 0.501 e. The lowest BCUT2D eigenvalue weighted by atomic mass is 9.73. The number of unbranched alkanes of at least 4 members (excludes halogenated alkanes) is 4. The van der Waals surface area contributed by atoms with Crippen LogP contribution < -0.4 is 25.6 Å². The molecule has 4 saturated heterocycles. The SMILES string of the molecule is Cc1ncsc1-c1ccc([C@H](C)NC(=O)[C@@H]2C[C@@H](O)CN2C(=O)[C@@H](NC(=O)CCCCCCCC(=O)N2CC3CN(CC[C@H](CSc4ccccc4)Nc4ccc(S(=O)(=O)NC(=O)c5ccc(N6CCN(CC7=C(c8ccc(Cl)cc8)CCC(C)(C)C7)CC6)cc5)cc4S(=O)(=O)C(F)(F)F)C[C@@H]3C2)C(C)(C)C)cc1. The Bertz CT molecular complexity index is 4450. The zero-order chi connectivity index (χ0) is 78.2. The highest BCUT2D eigenvalue weighted by Crippen LogP contribution is 2.44. The second kappa shape index (κ2) is 35.5. The molecule has 4 aliphatic heterocycles. The number of alkyl halides is 3. The van der Waals surface area contributed by atoms with Crippen LogP contribution in [-0.2, 0) is 39.0 Å². The van der Waals surface area contributed by atoms with Gasteiger partial charge in [-0.25, -0.2) is 26.5 Å². The van der Waals surface area contributed by atoms with Gasteiger partial charge in [-0.05, 0) is 164 Å². The van der Waals surface area contributed by atoms with Crippen molar-refractivity contribution in [3.8, 4) is 10.4 Å². The van der Waals surface area contributed by atoms with E-state index in [9.17, 15) is 59.1 Å². The van der Waals surface area contributed by atoms with E-state index < -0.39 is 82.3 Å². The summed E-state index contributed by atoms with van der Waals surface area (Å²) in [7, 11) is -11.1. The molecule has 5 aliphatic rings. The van der Waals surface area contributed by atoms with Crippen LogP contribution >= 0.6 is 34.7 Å². The quantitative estimate of drug-likeness (QED) is 0.0208. The van der Waals surface area contributed by atoms with Crippen LogP contribution in [0.15, 0.2) is 147 Å². The number of benzene rings is 5. The number of β-amino-alcohol motifs (C(OH)–C–C–N with tert-alkyl or cyclic N) is 1. The zero-order valence-electron chi connectivity index (χ0n) is 63.1. The van der Waals surface area contributed by atoms with E-state index >= 15 is 0 Å². The van der Waals surface area contributed by atoms with Crippen molar-refractivity contribution in [3.63, 3.8) is 0 Å². The van der Waals surface area contributed by atoms with Crippen molar-refractivity contribution >= 4 is 101 Å². The molecule has 5 amide bonds. The van der Waals surface area contributed by atoms with E-state index in [2.05, 4.69) is 61.6 Å². The second-order valence-electron chi connectivity index (χ2n) is 31.8. The molecular formula is C81H102ClF3N10O10S4. The van der Waals surface area contributed by atoms with E-state index in [0.717, 1.165) is 103 Å². The minimum atomic E-state index is -6.17. The number of hydrogen-bond donors (Lipinski definition) is 5. The number of rotatable bonds is 30. The number of aromatic nitrogens is 1. The van der Waals surface area contributed by atoms with Crippen LogP contribution in [0.25, 0.3) is 16.0 Å². The van der Waals surface area contributed by atoms with Crippen molar-refractivity contribution in [1.29, 1.82) is 0 Å². The number of halogens is 4. The Balaban J connectivity index is 0.624. The number of allylic oxidation sites excluding steroid dienone is 1. The number of nitrogens with one attached hydrogen (secondary N) is 4. The predicted octanol–water partition coefficient (Wildman–Crippen LogP) is 13.4. The number of carbonyl (C=O) groups is 5. The number of aliphatic hydroxyl groups is 1. The minimum absolute atomic E-state index is 0.0312. The number of piperazine rings is 1. The summed E-state index contributed by atoms with van der Waals surface area (Å²) in [6.07, 6.45) is 6.76. The Morgan fingerprint density at radius 3 is 2.06 bits per heavy atom. The summed E-state index contributed by atoms with van der Waals surface area (Å²) in [4.78, 5) is 83.1. The van der Waals surface area contributed by atoms with Gasteiger partial charge in [-0.2, -0.15) is 13.2 Å². The normalized spacial score (nSPS) is 20.2. The zero-order valence-corrected chi connectivity index (χ0v) is 67.1. The summed E-state index contributed by atoms with van der Waals surface area (Å²) >= 11 is 9.21. The smallest absolute Gasteiger partial charge is 0.391 e. The van der Waals surface area contributed by atoms with Crippen LogP contribution in [0, 0.1) is 29.6 Å². The lowest BCUT2D eigenvalue weighted by molar-refractivity contribution is -0.144. The van der Waals surface area contributed by atoms with Gasteiger partial charge in [0.05, 0.1) is 38.8 Å². The Kier molecular flexibility index (Phi) is 26.9. The molecular weight excluding hydrogens is 1490 g/mol. The number of thioether (sulfide) groups is 1. The first-order valence-corrected chi connectivity index (χ1v) is 43.0. The van der Waals surface area contributed by atoms with E-state index in [1.54, 1.807) is 29.0 Å². The van der Waals surface area contributed by atoms with E-state index in [-0.39, 0.29) is 66.0 Å². The van der Waals surface area contributed by atoms with E-state index in [1.807, 2.05) is 111 Å². The molecule has 20 nitrogen and oxygen atoms in total. The number of carbonyl (C=O) groups excluding carboxylic acids is 5. The maximum absolute atomic E-state index is 14.6. The van der Waals surface area contributed by atoms with Gasteiger partial charge < -0.3 is 40.7 Å². The highest BCUT2D eigenvalue weighted by molar-refractivity contribution is 7.99. The summed E-state index contributed by atoms with van der Waals surface area (Å²) in [5.74, 6) is -1.39. The number of hydrogen-bond acceptors (Lipinski definition) is 17. The number of thiazole rings is 1. The Morgan fingerprint density at radius 1 is 0.771 bits per heavy atom. The third kappa shape index (κ3) is 21.3. The van der Waals surface area contributed by atoms with Crippen LogP contribution in [0.5, 0.6) is 0 Å². The van der Waals surface area contributed by atoms with E-state index in [0.29, 0.717) is 88.3 Å². The number of nitrogens with zero attached hydrogens (tertiary/aromatic N) is 6. The molecule has 11 rings (SSSR count). The van der Waals surface area contributed by atoms with Gasteiger partial charge in [-0.1, -0.05) is 126 Å². The van der Waals surface area contributed by atoms with Gasteiger partial charge in [-0.3, -0.25) is 28.9 Å². The van der Waals surface area contributed by atoms with Gasteiger partial charge in [0.1, 0.15) is 17.0 Å². The van der Waals surface area contributed by atoms with Crippen molar-refractivity contribution in [2.75, 3.05) is 88.0 Å². The summed E-state index contributed by atoms with van der Waals surface area (Å²) in [6.45, 7) is 20.8. The van der Waals surface area contributed by atoms with Gasteiger partial charge in [0.2, 0.25) is 23.6 Å². The fraction of sp³-hybridized carbons (Fsp3) is 0.506. The number of anilines is 2. The van der Waals surface area contributed by atoms with Crippen molar-refractivity contribution in [2.24, 2.45) is 22.7 Å². The monoisotopic (exact) mass is 1590 g/mol. The molecule has 0 radical (unpaired) electrons. The lowest BCUT2D eigenvalue weighted by Gasteiger charge is -2.39. The van der Waals surface area contributed by atoms with E-state index in [1.165, 1.54) is 45.5 Å². The molecule has 1 aliphatic carbocycles. The van der Waals surface area contributed by atoms with Gasteiger partial charge in [0.15, 0.2) is 0 Å². The van der Waals surface area contributed by atoms with Crippen molar-refractivity contribution < 1.29 is 59.1 Å². The molecule has 588 valence electrons. The standard InChI is InChI=1S/C81H102ClF3N10O10S4/c1-53(55-20-22-57(23-21-55)74-54(2)86-52-107-74)87-77(100)70-42-65(96)50-95(70)78(101)75(79(3,4)5)89-72(97)18-14-9-8-10-15-19-73(98)94-48-60-46-92(47-61(60)49-94)37-35-63(51-106-66-16-12-11-13-17-66)88-69-33-32-67(43-71(69)108(102,103)81(83,84)85)109(104,105)90-76(99)58-26-30-64(31-27-58)93-40-38-91(39-41-93)45-59-44-80(6,7)36-34-68(59)56-24-28-62(82)29-25-56/h11-13,16-17,20-33,43,52-53,60-61,63,65,70,75,88,96H,8-10,14-15,18-19,34-42,44-51H2,1-7H3,(H,87,100)(H,89,97)(H,90,99)/t53-,60+,61?,63+,65+,70-,75+/m0/s1. The first-order chi connectivity index (χ1) is 51.7. The van der Waals surface area contributed by atoms with Gasteiger partial charge in [0, 0.05) is 124 Å². The molecule has 0 bridgehead atoms. The summed E-state index contributed by atoms with van der Waals surface area (Å²) in [5, 5.41) is 20.5. The second-order valence-corrected chi connectivity index (χ2v) is 37.7. The number of sulfonamides is 1. The molecule has 109 heavy (non-hydrogen) atoms. The number of sulfone groups is 1. The first-order valence-electron chi connectivity index (χ1n) is 37.8. The summed E-state index contributed by atoms with van der Waals surface area (Å²) < 4.78 is 101. The van der Waals surface area contributed by atoms with Gasteiger partial charge in [-0.15, -0.1) is 23.1 Å². The van der Waals surface area contributed by atoms with Crippen molar-refractivity contribution in [2.45, 2.75) is 176 Å². The van der Waals surface area contributed by atoms with Crippen LogP contribution in [0.2, 0.25) is 5.02 Å². The van der Waals surface area contributed by atoms with Crippen LogP contribution in [0.3, 0.4) is 0 Å². The van der Waals surface area contributed by atoms with Crippen molar-refractivity contribution in [1.82, 2.24) is 39.9 Å². The largest absolute Gasteiger partial charge is 0.501 e. The number of aliphatic hydroxyl groups excluding tert-OH is 1. The molecule has 28 heteroatoms. The van der Waals surface area contributed by atoms with Gasteiger partial charge in [0.25, 0.3) is 25.8 Å². The number of likely N-dealkylation sites (tertiary alicyclic amines) is 3. The number of fused-ring (bicyclic) bond motifs is 1. The average molecular weight is 1600 g/mol. The fourth-order valence-corrected chi connectivity index (χ4v) is 19.6. The predicted molar refractivity (Wildman–Crippen MR) is 423 cm³/mol. The Hall–Kier alpha value is -7.37.